The van der Waals surface area contributed by atoms with E-state index >= 15 is 0 Å². The summed E-state index contributed by atoms with van der Waals surface area (Å²) in [6, 6.07) is -1.68. The van der Waals surface area contributed by atoms with E-state index in [1.165, 1.54) is 68.4 Å². The van der Waals surface area contributed by atoms with E-state index in [1.807, 2.05) is 7.05 Å². The maximum absolute atomic E-state index is 13.6. The van der Waals surface area contributed by atoms with Crippen LogP contribution in [0.1, 0.15) is 89.9 Å². The van der Waals surface area contributed by atoms with Crippen molar-refractivity contribution in [2.24, 2.45) is 0 Å². The summed E-state index contributed by atoms with van der Waals surface area (Å²) in [7, 11) is 1.82. The summed E-state index contributed by atoms with van der Waals surface area (Å²) < 4.78 is 7.18. The Kier molecular flexibility index (Phi) is 14.2. The first-order valence-corrected chi connectivity index (χ1v) is 18.1. The molecule has 2 aliphatic rings. The van der Waals surface area contributed by atoms with Crippen LogP contribution in [0.5, 0.6) is 0 Å². The third kappa shape index (κ3) is 9.31. The van der Waals surface area contributed by atoms with Gasteiger partial charge in [0.25, 0.3) is 5.91 Å². The first-order chi connectivity index (χ1) is 21.8. The van der Waals surface area contributed by atoms with Crippen molar-refractivity contribution in [1.82, 2.24) is 25.3 Å². The van der Waals surface area contributed by atoms with Crippen LogP contribution in [0.4, 0.5) is 5.82 Å². The number of likely N-dealkylation sites (tertiary alicyclic amines) is 1. The molecule has 2 amide bonds. The molecule has 2 saturated heterocycles. The normalized spacial score (nSPS) is 28.4. The Labute approximate surface area is 279 Å². The topological polar surface area (TPSA) is 183 Å². The molecule has 4 heterocycles. The van der Waals surface area contributed by atoms with Crippen LogP contribution < -0.4 is 10.6 Å². The van der Waals surface area contributed by atoms with Crippen molar-refractivity contribution in [2.75, 3.05) is 29.9 Å². The van der Waals surface area contributed by atoms with Crippen molar-refractivity contribution < 1.29 is 34.1 Å². The number of unbranched alkanes of at least 4 members (excludes halogenated alkanes) is 10. The third-order valence-corrected chi connectivity index (χ3v) is 10.2. The first-order valence-electron chi connectivity index (χ1n) is 16.6. The molecule has 2 aromatic rings. The molecule has 4 rings (SSSR count). The Bertz CT molecular complexity index is 1220. The molecule has 2 fully saturated rings. The number of H-pyrrole nitrogens is 1. The Hall–Kier alpha value is -1.98. The van der Waals surface area contributed by atoms with Gasteiger partial charge in [0, 0.05) is 12.8 Å². The number of imidazole rings is 1. The zero-order valence-corrected chi connectivity index (χ0v) is 28.5. The van der Waals surface area contributed by atoms with Crippen LogP contribution in [0.3, 0.4) is 0 Å². The van der Waals surface area contributed by atoms with Gasteiger partial charge in [-0.1, -0.05) is 80.4 Å². The van der Waals surface area contributed by atoms with Gasteiger partial charge in [0.15, 0.2) is 23.7 Å². The molecule has 0 spiro atoms. The van der Waals surface area contributed by atoms with Crippen LogP contribution in [0.2, 0.25) is 0 Å². The third-order valence-electron chi connectivity index (χ3n) is 9.43. The zero-order chi connectivity index (χ0) is 32.2. The highest BCUT2D eigenvalue weighted by molar-refractivity contribution is 14.1. The molecule has 7 atom stereocenters. The van der Waals surface area contributed by atoms with Crippen LogP contribution in [0, 0.1) is 0 Å². The van der Waals surface area contributed by atoms with Crippen molar-refractivity contribution in [3.05, 3.63) is 12.7 Å². The lowest BCUT2D eigenvalue weighted by atomic mass is 9.94. The lowest BCUT2D eigenvalue weighted by Gasteiger charge is -2.43. The second kappa shape index (κ2) is 17.8. The number of aliphatic hydroxyl groups is 3. The van der Waals surface area contributed by atoms with Crippen LogP contribution in [-0.4, -0.2) is 113 Å². The maximum Gasteiger partial charge on any atom is 0.314 e. The van der Waals surface area contributed by atoms with Gasteiger partial charge in [-0.3, -0.25) is 9.28 Å². The number of fused-ring (bicyclic) bond motifs is 1. The van der Waals surface area contributed by atoms with Crippen LogP contribution in [0.15, 0.2) is 12.7 Å². The lowest BCUT2D eigenvalue weighted by molar-refractivity contribution is -0.837. The quantitative estimate of drug-likeness (QED) is 0.0575. The lowest BCUT2D eigenvalue weighted by Crippen LogP contribution is -2.68. The smallest absolute Gasteiger partial charge is 0.314 e. The van der Waals surface area contributed by atoms with E-state index in [1.54, 1.807) is 0 Å². The highest BCUT2D eigenvalue weighted by Gasteiger charge is 2.51. The average molecular weight is 745 g/mol. The molecule has 0 bridgehead atoms. The van der Waals surface area contributed by atoms with E-state index in [4.69, 9.17) is 4.74 Å². The minimum atomic E-state index is -1.46. The van der Waals surface area contributed by atoms with Gasteiger partial charge in [-0.15, -0.1) is 0 Å². The number of nitrogens with zero attached hydrogens (tertiary/aromatic N) is 4. The highest BCUT2D eigenvalue weighted by atomic mass is 127. The van der Waals surface area contributed by atoms with Gasteiger partial charge in [-0.2, -0.15) is 0 Å². The number of aliphatic hydroxyl groups excluding tert-OH is 3. The van der Waals surface area contributed by atoms with Crippen LogP contribution >= 0.6 is 22.6 Å². The molecule has 2 aromatic heterocycles. The molecule has 45 heavy (non-hydrogen) atoms. The number of quaternary nitrogens is 1. The SMILES string of the molecule is C[N+]1(C(=O)CCCCCCCCCCCCCI)CCC[C@@H]1C(=O)N[C@@H]1[C@@H](O)[C@H](O)[C@@H](Nc2ncnc3nc[nH]c23)O[C@H]1CO. The number of hydrogen-bond donors (Lipinski definition) is 6. The number of carbonyl (C=O) groups is 2. The Balaban J connectivity index is 1.23. The minimum absolute atomic E-state index is 0.0253. The van der Waals surface area contributed by atoms with E-state index in [-0.39, 0.29) is 10.4 Å². The van der Waals surface area contributed by atoms with Crippen molar-refractivity contribution >= 4 is 51.4 Å². The number of aromatic nitrogens is 4. The molecule has 6 N–H and O–H groups in total. The molecule has 0 radical (unpaired) electrons. The number of halogens is 1. The number of alkyl halides is 1. The van der Waals surface area contributed by atoms with Crippen molar-refractivity contribution in [2.45, 2.75) is 127 Å². The number of carbonyl (C=O) groups excluding carboxylic acids is 2. The van der Waals surface area contributed by atoms with Crippen LogP contribution in [0.25, 0.3) is 11.2 Å². The fraction of sp³-hybridized carbons (Fsp3) is 0.774. The summed E-state index contributed by atoms with van der Waals surface area (Å²) in [5.74, 6) is -0.0340. The average Bonchev–Trinajstić information content (AvgIpc) is 3.69. The number of likely N-dealkylation sites (N-methyl/N-ethyl adjacent to an activating group) is 1. The predicted octanol–water partition coefficient (Wildman–Crippen LogP) is 2.94. The summed E-state index contributed by atoms with van der Waals surface area (Å²) in [5.41, 5.74) is 0.901. The maximum atomic E-state index is 13.6. The molecular formula is C31H51IN7O6+. The number of ether oxygens (including phenoxy) is 1. The Morgan fingerprint density at radius 3 is 2.33 bits per heavy atom. The van der Waals surface area contributed by atoms with Crippen molar-refractivity contribution in [3.63, 3.8) is 0 Å². The molecule has 2 aliphatic heterocycles. The van der Waals surface area contributed by atoms with Gasteiger partial charge in [0.2, 0.25) is 0 Å². The van der Waals surface area contributed by atoms with E-state index in [2.05, 4.69) is 53.2 Å². The van der Waals surface area contributed by atoms with Crippen molar-refractivity contribution in [3.8, 4) is 0 Å². The summed E-state index contributed by atoms with van der Waals surface area (Å²) in [5, 5.41) is 37.8. The highest BCUT2D eigenvalue weighted by Crippen LogP contribution is 2.29. The second-order valence-electron chi connectivity index (χ2n) is 12.6. The molecule has 0 aromatic carbocycles. The van der Waals surface area contributed by atoms with Gasteiger partial charge >= 0.3 is 5.91 Å². The largest absolute Gasteiger partial charge is 0.394 e. The molecule has 0 aliphatic carbocycles. The number of nitrogens with one attached hydrogen (secondary N) is 3. The molecule has 1 unspecified atom stereocenters. The van der Waals surface area contributed by atoms with Gasteiger partial charge in [0.05, 0.1) is 39.0 Å². The Morgan fingerprint density at radius 1 is 1.00 bits per heavy atom. The zero-order valence-electron chi connectivity index (χ0n) is 26.4. The number of hydrogen-bond acceptors (Lipinski definition) is 10. The summed E-state index contributed by atoms with van der Waals surface area (Å²) in [4.78, 5) is 42.2. The standard InChI is InChI=1S/C31H50IN7O6/c1-39(23(41)15-11-9-7-5-3-2-4-6-8-10-12-16-32)17-13-14-21(39)30(44)37-24-22(18-40)45-31(27(43)26(24)42)38-29-25-28(34-19-33-25)35-20-36-29/h19-22,24,26-27,31,40,42-43H,2-18H2,1H3,(H2-,33,34,35,36,37,38,44)/p+1/t21-,22+,24+,26-,27+,31+,39?/m1/s1. The van der Waals surface area contributed by atoms with E-state index < -0.39 is 49.1 Å². The van der Waals surface area contributed by atoms with Gasteiger partial charge in [-0.05, 0) is 17.3 Å². The number of rotatable bonds is 18. The number of aromatic amines is 1. The summed E-state index contributed by atoms with van der Waals surface area (Å²) >= 11 is 2.44. The van der Waals surface area contributed by atoms with E-state index in [0.29, 0.717) is 36.4 Å². The predicted molar refractivity (Wildman–Crippen MR) is 178 cm³/mol. The molecule has 252 valence electrons. The molecular weight excluding hydrogens is 693 g/mol. The van der Waals surface area contributed by atoms with Crippen molar-refractivity contribution in [1.29, 1.82) is 0 Å². The van der Waals surface area contributed by atoms with Gasteiger partial charge < -0.3 is 35.7 Å². The monoisotopic (exact) mass is 744 g/mol. The molecule has 0 saturated carbocycles. The minimum Gasteiger partial charge on any atom is -0.394 e. The summed E-state index contributed by atoms with van der Waals surface area (Å²) in [6.45, 7) is 0.0715. The summed E-state index contributed by atoms with van der Waals surface area (Å²) in [6.07, 6.45) is 12.8. The van der Waals surface area contributed by atoms with E-state index in [9.17, 15) is 24.9 Å². The Morgan fingerprint density at radius 2 is 1.67 bits per heavy atom. The fourth-order valence-corrected chi connectivity index (χ4v) is 7.19. The molecule has 13 nitrogen and oxygen atoms in total. The second-order valence-corrected chi connectivity index (χ2v) is 13.7. The first kappa shape index (κ1) is 35.9. The van der Waals surface area contributed by atoms with Gasteiger partial charge in [0.1, 0.15) is 30.2 Å². The number of amides is 2. The number of anilines is 1. The van der Waals surface area contributed by atoms with Gasteiger partial charge in [-0.25, -0.2) is 19.7 Å². The van der Waals surface area contributed by atoms with E-state index in [0.717, 1.165) is 25.7 Å². The molecule has 14 heteroatoms. The fourth-order valence-electron chi connectivity index (χ4n) is 6.65. The van der Waals surface area contributed by atoms with Crippen LogP contribution in [-0.2, 0) is 14.3 Å².